The largest absolute Gasteiger partial charge is 0.383 e. The monoisotopic (exact) mass is 283 g/mol. The third kappa shape index (κ3) is 3.66. The second-order valence-corrected chi connectivity index (χ2v) is 4.45. The standard InChI is InChI=1S/C14H22FN3O2/c1-5-16-13-12(15)11(7-8-17-13)14(19)18(6-2)10(3)9-20-4/h7-8,10H,5-6,9H2,1-4H3,(H,16,17). The summed E-state index contributed by atoms with van der Waals surface area (Å²) in [5.74, 6) is -0.854. The zero-order valence-corrected chi connectivity index (χ0v) is 12.4. The number of methoxy groups -OCH3 is 1. The summed E-state index contributed by atoms with van der Waals surface area (Å²) in [5, 5.41) is 2.80. The molecule has 1 aromatic heterocycles. The van der Waals surface area contributed by atoms with Crippen LogP contribution >= 0.6 is 0 Å². The number of carbonyl (C=O) groups excluding carboxylic acids is 1. The van der Waals surface area contributed by atoms with Gasteiger partial charge < -0.3 is 15.0 Å². The van der Waals surface area contributed by atoms with Gasteiger partial charge in [0.05, 0.1) is 18.2 Å². The minimum absolute atomic E-state index is 0.0285. The molecular weight excluding hydrogens is 261 g/mol. The number of halogens is 1. The number of carbonyl (C=O) groups is 1. The Hall–Kier alpha value is -1.69. The van der Waals surface area contributed by atoms with E-state index in [9.17, 15) is 9.18 Å². The van der Waals surface area contributed by atoms with Gasteiger partial charge in [-0.25, -0.2) is 9.37 Å². The van der Waals surface area contributed by atoms with Crippen LogP contribution in [0.2, 0.25) is 0 Å². The lowest BCUT2D eigenvalue weighted by Gasteiger charge is -2.27. The van der Waals surface area contributed by atoms with Gasteiger partial charge in [0.15, 0.2) is 11.6 Å². The summed E-state index contributed by atoms with van der Waals surface area (Å²) in [6.07, 6.45) is 1.43. The van der Waals surface area contributed by atoms with Gasteiger partial charge in [-0.15, -0.1) is 0 Å². The maximum atomic E-state index is 14.3. The molecule has 0 aliphatic rings. The first-order valence-corrected chi connectivity index (χ1v) is 6.75. The van der Waals surface area contributed by atoms with Crippen LogP contribution in [0.5, 0.6) is 0 Å². The minimum atomic E-state index is -0.609. The smallest absolute Gasteiger partial charge is 0.257 e. The molecule has 0 fully saturated rings. The van der Waals surface area contributed by atoms with Crippen molar-refractivity contribution in [2.75, 3.05) is 32.1 Å². The molecule has 0 aromatic carbocycles. The fourth-order valence-corrected chi connectivity index (χ4v) is 2.04. The Balaban J connectivity index is 3.03. The summed E-state index contributed by atoms with van der Waals surface area (Å²) in [6.45, 7) is 7.01. The SMILES string of the molecule is CCNc1nccc(C(=O)N(CC)C(C)COC)c1F. The van der Waals surface area contributed by atoms with Crippen molar-refractivity contribution in [3.05, 3.63) is 23.6 Å². The van der Waals surface area contributed by atoms with Gasteiger partial charge in [-0.3, -0.25) is 4.79 Å². The Labute approximate surface area is 119 Å². The van der Waals surface area contributed by atoms with Gasteiger partial charge in [-0.2, -0.15) is 0 Å². The highest BCUT2D eigenvalue weighted by Gasteiger charge is 2.24. The number of aromatic nitrogens is 1. The Kier molecular flexibility index (Phi) is 6.38. The van der Waals surface area contributed by atoms with E-state index in [1.54, 1.807) is 12.0 Å². The summed E-state index contributed by atoms with van der Waals surface area (Å²) in [4.78, 5) is 17.9. The second-order valence-electron chi connectivity index (χ2n) is 4.45. The molecule has 0 spiro atoms. The molecule has 1 atom stereocenters. The molecule has 1 amide bonds. The average Bonchev–Trinajstić information content (AvgIpc) is 2.42. The summed E-state index contributed by atoms with van der Waals surface area (Å²) < 4.78 is 19.3. The Morgan fingerprint density at radius 1 is 1.55 bits per heavy atom. The van der Waals surface area contributed by atoms with E-state index in [0.29, 0.717) is 19.7 Å². The summed E-state index contributed by atoms with van der Waals surface area (Å²) >= 11 is 0. The maximum absolute atomic E-state index is 14.3. The van der Waals surface area contributed by atoms with Crippen LogP contribution in [0, 0.1) is 5.82 Å². The average molecular weight is 283 g/mol. The van der Waals surface area contributed by atoms with Gasteiger partial charge in [-0.05, 0) is 26.8 Å². The van der Waals surface area contributed by atoms with E-state index in [1.165, 1.54) is 12.3 Å². The van der Waals surface area contributed by atoms with E-state index in [1.807, 2.05) is 20.8 Å². The highest BCUT2D eigenvalue weighted by molar-refractivity contribution is 5.95. The first-order chi connectivity index (χ1) is 9.56. The first kappa shape index (κ1) is 16.4. The number of amides is 1. The lowest BCUT2D eigenvalue weighted by Crippen LogP contribution is -2.41. The van der Waals surface area contributed by atoms with Crippen LogP contribution in [0.3, 0.4) is 0 Å². The van der Waals surface area contributed by atoms with E-state index < -0.39 is 5.82 Å². The van der Waals surface area contributed by atoms with Crippen LogP contribution in [-0.4, -0.2) is 48.6 Å². The number of nitrogens with zero attached hydrogens (tertiary/aromatic N) is 2. The van der Waals surface area contributed by atoms with Crippen molar-refractivity contribution in [2.24, 2.45) is 0 Å². The van der Waals surface area contributed by atoms with Gasteiger partial charge in [0.2, 0.25) is 0 Å². The van der Waals surface area contributed by atoms with Gasteiger partial charge in [0.1, 0.15) is 0 Å². The minimum Gasteiger partial charge on any atom is -0.383 e. The third-order valence-corrected chi connectivity index (χ3v) is 3.01. The molecule has 0 aliphatic carbocycles. The second kappa shape index (κ2) is 7.79. The van der Waals surface area contributed by atoms with Gasteiger partial charge in [0.25, 0.3) is 5.91 Å². The molecule has 1 aromatic rings. The molecule has 5 nitrogen and oxygen atoms in total. The Morgan fingerprint density at radius 3 is 2.80 bits per heavy atom. The molecule has 1 N–H and O–H groups in total. The summed E-state index contributed by atoms with van der Waals surface area (Å²) in [6, 6.07) is 1.29. The topological polar surface area (TPSA) is 54.5 Å². The van der Waals surface area contributed by atoms with Crippen LogP contribution in [0.1, 0.15) is 31.1 Å². The number of rotatable bonds is 7. The normalized spacial score (nSPS) is 12.1. The van der Waals surface area contributed by atoms with Crippen molar-refractivity contribution in [3.63, 3.8) is 0 Å². The summed E-state index contributed by atoms with van der Waals surface area (Å²) in [7, 11) is 1.57. The molecule has 1 rings (SSSR count). The number of hydrogen-bond donors (Lipinski definition) is 1. The van der Waals surface area contributed by atoms with Crippen LogP contribution in [0.25, 0.3) is 0 Å². The van der Waals surface area contributed by atoms with Gasteiger partial charge >= 0.3 is 0 Å². The van der Waals surface area contributed by atoms with Crippen LogP contribution in [0.4, 0.5) is 10.2 Å². The number of ether oxygens (including phenoxy) is 1. The number of nitrogens with one attached hydrogen (secondary N) is 1. The van der Waals surface area contributed by atoms with Crippen LogP contribution in [-0.2, 0) is 4.74 Å². The number of likely N-dealkylation sites (N-methyl/N-ethyl adjacent to an activating group) is 1. The Bertz CT molecular complexity index is 454. The molecule has 0 aliphatic heterocycles. The van der Waals surface area contributed by atoms with Crippen LogP contribution < -0.4 is 5.32 Å². The van der Waals surface area contributed by atoms with Crippen molar-refractivity contribution >= 4 is 11.7 Å². The van der Waals surface area contributed by atoms with E-state index in [2.05, 4.69) is 10.3 Å². The van der Waals surface area contributed by atoms with Crippen LogP contribution in [0.15, 0.2) is 12.3 Å². The van der Waals surface area contributed by atoms with E-state index in [4.69, 9.17) is 4.74 Å². The molecule has 0 radical (unpaired) electrons. The molecule has 0 saturated heterocycles. The molecule has 0 bridgehead atoms. The quantitative estimate of drug-likeness (QED) is 0.833. The van der Waals surface area contributed by atoms with Crippen molar-refractivity contribution < 1.29 is 13.9 Å². The fraction of sp³-hybridized carbons (Fsp3) is 0.571. The van der Waals surface area contributed by atoms with Gasteiger partial charge in [0, 0.05) is 26.4 Å². The number of pyridine rings is 1. The lowest BCUT2D eigenvalue weighted by molar-refractivity contribution is 0.0575. The lowest BCUT2D eigenvalue weighted by atomic mass is 10.2. The van der Waals surface area contributed by atoms with Gasteiger partial charge in [-0.1, -0.05) is 0 Å². The molecule has 20 heavy (non-hydrogen) atoms. The zero-order valence-electron chi connectivity index (χ0n) is 12.4. The van der Waals surface area contributed by atoms with E-state index >= 15 is 0 Å². The molecular formula is C14H22FN3O2. The molecule has 112 valence electrons. The Morgan fingerprint density at radius 2 is 2.25 bits per heavy atom. The molecule has 0 saturated carbocycles. The summed E-state index contributed by atoms with van der Waals surface area (Å²) in [5.41, 5.74) is 0.0285. The highest BCUT2D eigenvalue weighted by Crippen LogP contribution is 2.18. The number of anilines is 1. The predicted molar refractivity (Wildman–Crippen MR) is 76.4 cm³/mol. The van der Waals surface area contributed by atoms with Crippen molar-refractivity contribution in [2.45, 2.75) is 26.8 Å². The zero-order chi connectivity index (χ0) is 15.1. The van der Waals surface area contributed by atoms with Crippen molar-refractivity contribution in [3.8, 4) is 0 Å². The van der Waals surface area contributed by atoms with Crippen molar-refractivity contribution in [1.29, 1.82) is 0 Å². The van der Waals surface area contributed by atoms with E-state index in [-0.39, 0.29) is 23.3 Å². The van der Waals surface area contributed by atoms with E-state index in [0.717, 1.165) is 0 Å². The number of hydrogen-bond acceptors (Lipinski definition) is 4. The molecule has 1 heterocycles. The first-order valence-electron chi connectivity index (χ1n) is 6.75. The molecule has 1 unspecified atom stereocenters. The fourth-order valence-electron chi connectivity index (χ4n) is 2.04. The third-order valence-electron chi connectivity index (χ3n) is 3.01. The highest BCUT2D eigenvalue weighted by atomic mass is 19.1. The van der Waals surface area contributed by atoms with Crippen molar-refractivity contribution in [1.82, 2.24) is 9.88 Å². The molecule has 6 heteroatoms. The maximum Gasteiger partial charge on any atom is 0.257 e. The predicted octanol–water partition coefficient (Wildman–Crippen LogP) is 2.15.